The Morgan fingerprint density at radius 1 is 0.906 bits per heavy atom. The first-order chi connectivity index (χ1) is 15.8. The van der Waals surface area contributed by atoms with Crippen LogP contribution in [0.15, 0.2) is 48.8 Å². The summed E-state index contributed by atoms with van der Waals surface area (Å²) in [5, 5.41) is 13.0. The number of rotatable bonds is 6. The zero-order chi connectivity index (χ0) is 21.8. The number of aromatic nitrogens is 5. The number of tetrazole rings is 1. The van der Waals surface area contributed by atoms with Crippen LogP contribution in [-0.4, -0.2) is 61.2 Å². The summed E-state index contributed by atoms with van der Waals surface area (Å²) in [6, 6.07) is 11.3. The highest BCUT2D eigenvalue weighted by atomic mass is 19.1. The Kier molecular flexibility index (Phi) is 6.50. The van der Waals surface area contributed by atoms with Crippen molar-refractivity contribution in [3.8, 4) is 0 Å². The molecule has 1 aromatic carbocycles. The molecule has 168 valence electrons. The Balaban J connectivity index is 1.37. The van der Waals surface area contributed by atoms with Crippen LogP contribution < -0.4 is 0 Å². The first-order valence-corrected chi connectivity index (χ1v) is 11.7. The predicted octanol–water partition coefficient (Wildman–Crippen LogP) is 3.62. The molecule has 0 N–H and O–H groups in total. The molecular weight excluding hydrogens is 405 g/mol. The molecular formula is C24H30FN7. The van der Waals surface area contributed by atoms with Gasteiger partial charge < -0.3 is 0 Å². The third-order valence-corrected chi connectivity index (χ3v) is 6.80. The molecule has 0 unspecified atom stereocenters. The second kappa shape index (κ2) is 9.83. The zero-order valence-corrected chi connectivity index (χ0v) is 18.4. The van der Waals surface area contributed by atoms with Crippen LogP contribution >= 0.6 is 0 Å². The van der Waals surface area contributed by atoms with Crippen LogP contribution in [0.4, 0.5) is 4.39 Å². The molecule has 32 heavy (non-hydrogen) atoms. The molecule has 2 aliphatic rings. The van der Waals surface area contributed by atoms with Crippen LogP contribution in [0.1, 0.15) is 61.1 Å². The molecule has 1 atom stereocenters. The molecule has 1 saturated heterocycles. The quantitative estimate of drug-likeness (QED) is 0.589. The number of nitrogens with zero attached hydrogens (tertiary/aromatic N) is 7. The summed E-state index contributed by atoms with van der Waals surface area (Å²) in [4.78, 5) is 9.03. The van der Waals surface area contributed by atoms with Gasteiger partial charge in [-0.25, -0.2) is 9.07 Å². The van der Waals surface area contributed by atoms with Crippen molar-refractivity contribution in [1.29, 1.82) is 0 Å². The third kappa shape index (κ3) is 4.71. The first-order valence-electron chi connectivity index (χ1n) is 11.7. The number of piperazine rings is 1. The second-order valence-electron chi connectivity index (χ2n) is 8.90. The molecule has 2 aromatic heterocycles. The topological polar surface area (TPSA) is 63.0 Å². The van der Waals surface area contributed by atoms with Gasteiger partial charge in [-0.15, -0.1) is 5.10 Å². The molecule has 0 radical (unpaired) electrons. The number of hydrogen-bond acceptors (Lipinski definition) is 6. The Labute approximate surface area is 188 Å². The van der Waals surface area contributed by atoms with E-state index in [4.69, 9.17) is 0 Å². The van der Waals surface area contributed by atoms with E-state index in [0.717, 1.165) is 57.0 Å². The summed E-state index contributed by atoms with van der Waals surface area (Å²) in [5.41, 5.74) is 2.32. The number of pyridine rings is 1. The van der Waals surface area contributed by atoms with Crippen LogP contribution in [0.25, 0.3) is 0 Å². The fourth-order valence-electron chi connectivity index (χ4n) is 5.06. The van der Waals surface area contributed by atoms with Crippen LogP contribution in [0.2, 0.25) is 0 Å². The highest BCUT2D eigenvalue weighted by Crippen LogP contribution is 2.33. The minimum absolute atomic E-state index is 0.0735. The SMILES string of the molecule is Fc1ccc([C@H](c2nnnn2C2CCCCC2)N2CCN(Cc3ccncc3)CC2)cc1. The van der Waals surface area contributed by atoms with E-state index in [1.807, 2.05) is 24.5 Å². The van der Waals surface area contributed by atoms with Gasteiger partial charge in [0.25, 0.3) is 0 Å². The van der Waals surface area contributed by atoms with E-state index >= 15 is 0 Å². The van der Waals surface area contributed by atoms with Gasteiger partial charge in [0, 0.05) is 45.1 Å². The van der Waals surface area contributed by atoms with E-state index in [0.29, 0.717) is 6.04 Å². The standard InChI is InChI=1S/C24H30FN7/c25-21-8-6-20(7-9-21)23(24-27-28-29-32(24)22-4-2-1-3-5-22)31-16-14-30(15-17-31)18-19-10-12-26-13-11-19/h6-13,22-23H,1-5,14-18H2/t23-/m1/s1. The van der Waals surface area contributed by atoms with Crippen molar-refractivity contribution in [3.05, 3.63) is 71.6 Å². The molecule has 8 heteroatoms. The molecule has 3 aromatic rings. The van der Waals surface area contributed by atoms with Crippen molar-refractivity contribution in [2.24, 2.45) is 0 Å². The minimum Gasteiger partial charge on any atom is -0.297 e. The Hall–Kier alpha value is -2.71. The number of benzene rings is 1. The lowest BCUT2D eigenvalue weighted by Gasteiger charge is -2.39. The van der Waals surface area contributed by atoms with Crippen molar-refractivity contribution < 1.29 is 4.39 Å². The molecule has 0 amide bonds. The summed E-state index contributed by atoms with van der Waals surface area (Å²) >= 11 is 0. The minimum atomic E-state index is -0.221. The van der Waals surface area contributed by atoms with E-state index < -0.39 is 0 Å². The average Bonchev–Trinajstić information content (AvgIpc) is 3.32. The largest absolute Gasteiger partial charge is 0.297 e. The molecule has 1 aliphatic carbocycles. The van der Waals surface area contributed by atoms with Crippen molar-refractivity contribution >= 4 is 0 Å². The Morgan fingerprint density at radius 3 is 2.34 bits per heavy atom. The highest BCUT2D eigenvalue weighted by molar-refractivity contribution is 5.26. The Morgan fingerprint density at radius 2 is 1.62 bits per heavy atom. The van der Waals surface area contributed by atoms with Crippen molar-refractivity contribution in [2.75, 3.05) is 26.2 Å². The molecule has 5 rings (SSSR count). The molecule has 2 fully saturated rings. The summed E-state index contributed by atoms with van der Waals surface area (Å²) < 4.78 is 15.7. The molecule has 0 bridgehead atoms. The third-order valence-electron chi connectivity index (χ3n) is 6.80. The van der Waals surface area contributed by atoms with Crippen LogP contribution in [-0.2, 0) is 6.54 Å². The number of hydrogen-bond donors (Lipinski definition) is 0. The molecule has 3 heterocycles. The van der Waals surface area contributed by atoms with E-state index in [1.165, 1.54) is 37.0 Å². The Bertz CT molecular complexity index is 977. The van der Waals surface area contributed by atoms with Crippen molar-refractivity contribution in [2.45, 2.75) is 50.7 Å². The molecule has 0 spiro atoms. The van der Waals surface area contributed by atoms with Gasteiger partial charge in [-0.2, -0.15) is 0 Å². The van der Waals surface area contributed by atoms with Gasteiger partial charge in [-0.3, -0.25) is 14.8 Å². The molecule has 7 nitrogen and oxygen atoms in total. The number of halogens is 1. The second-order valence-corrected chi connectivity index (χ2v) is 8.90. The summed E-state index contributed by atoms with van der Waals surface area (Å²) in [7, 11) is 0. The van der Waals surface area contributed by atoms with Gasteiger partial charge in [0.15, 0.2) is 5.82 Å². The average molecular weight is 436 g/mol. The molecule has 1 aliphatic heterocycles. The zero-order valence-electron chi connectivity index (χ0n) is 18.4. The first kappa shape index (κ1) is 21.2. The summed E-state index contributed by atoms with van der Waals surface area (Å²) in [6.45, 7) is 4.67. The molecule has 1 saturated carbocycles. The van der Waals surface area contributed by atoms with Crippen molar-refractivity contribution in [3.63, 3.8) is 0 Å². The van der Waals surface area contributed by atoms with Crippen LogP contribution in [0.5, 0.6) is 0 Å². The van der Waals surface area contributed by atoms with Gasteiger partial charge >= 0.3 is 0 Å². The van der Waals surface area contributed by atoms with Gasteiger partial charge in [-0.1, -0.05) is 31.4 Å². The van der Waals surface area contributed by atoms with E-state index in [2.05, 4.69) is 47.1 Å². The highest BCUT2D eigenvalue weighted by Gasteiger charge is 2.32. The maximum absolute atomic E-state index is 13.7. The van der Waals surface area contributed by atoms with Gasteiger partial charge in [-0.05, 0) is 58.7 Å². The summed E-state index contributed by atoms with van der Waals surface area (Å²) in [5.74, 6) is 0.660. The maximum atomic E-state index is 13.7. The van der Waals surface area contributed by atoms with E-state index in [1.54, 1.807) is 0 Å². The van der Waals surface area contributed by atoms with E-state index in [-0.39, 0.29) is 11.9 Å². The lowest BCUT2D eigenvalue weighted by Crippen LogP contribution is -2.48. The lowest BCUT2D eigenvalue weighted by atomic mass is 9.95. The van der Waals surface area contributed by atoms with Gasteiger partial charge in [0.2, 0.25) is 0 Å². The van der Waals surface area contributed by atoms with Crippen LogP contribution in [0, 0.1) is 5.82 Å². The fourth-order valence-corrected chi connectivity index (χ4v) is 5.06. The van der Waals surface area contributed by atoms with Crippen molar-refractivity contribution in [1.82, 2.24) is 35.0 Å². The fraction of sp³-hybridized carbons (Fsp3) is 0.500. The van der Waals surface area contributed by atoms with Gasteiger partial charge in [0.05, 0.1) is 12.1 Å². The predicted molar refractivity (Wildman–Crippen MR) is 119 cm³/mol. The smallest absolute Gasteiger partial charge is 0.173 e. The summed E-state index contributed by atoms with van der Waals surface area (Å²) in [6.07, 6.45) is 9.66. The normalized spacial score (nSPS) is 19.8. The lowest BCUT2D eigenvalue weighted by molar-refractivity contribution is 0.0986. The van der Waals surface area contributed by atoms with E-state index in [9.17, 15) is 4.39 Å². The van der Waals surface area contributed by atoms with Crippen LogP contribution in [0.3, 0.4) is 0 Å². The van der Waals surface area contributed by atoms with Gasteiger partial charge in [0.1, 0.15) is 5.82 Å². The monoisotopic (exact) mass is 435 g/mol. The maximum Gasteiger partial charge on any atom is 0.173 e.